The number of para-hydroxylation sites is 2. The molecule has 7 heteroatoms. The van der Waals surface area contributed by atoms with Crippen molar-refractivity contribution in [2.75, 3.05) is 11.4 Å². The second-order valence-electron chi connectivity index (χ2n) is 7.85. The maximum absolute atomic E-state index is 13.6. The fraction of sp³-hybridized carbons (Fsp3) is 0.167. The van der Waals surface area contributed by atoms with Gasteiger partial charge in [0.1, 0.15) is 0 Å². The predicted molar refractivity (Wildman–Crippen MR) is 124 cm³/mol. The SMILES string of the molecule is Cl.Cn1cc(C2=CC(=O)N(c3c4n(c5ccccc35)CCNC4)C2=O)c2ccccc21. The summed E-state index contributed by atoms with van der Waals surface area (Å²) in [4.78, 5) is 28.1. The molecular formula is C24H21ClN4O2. The molecule has 0 saturated heterocycles. The molecule has 0 atom stereocenters. The number of carbonyl (C=O) groups is 2. The van der Waals surface area contributed by atoms with E-state index in [1.54, 1.807) is 0 Å². The Bertz CT molecular complexity index is 1410. The van der Waals surface area contributed by atoms with E-state index in [2.05, 4.69) is 16.0 Å². The smallest absolute Gasteiger partial charge is 0.266 e. The van der Waals surface area contributed by atoms with E-state index in [0.29, 0.717) is 17.8 Å². The highest BCUT2D eigenvalue weighted by molar-refractivity contribution is 6.45. The zero-order chi connectivity index (χ0) is 20.4. The Kier molecular flexibility index (Phi) is 4.50. The summed E-state index contributed by atoms with van der Waals surface area (Å²) in [6.07, 6.45) is 3.42. The minimum absolute atomic E-state index is 0. The standard InChI is InChI=1S/C24H20N4O2.ClH/c1-26-14-18(15-6-2-4-8-19(15)26)17-12-22(29)28(24(17)30)23-16-7-3-5-9-20(16)27-11-10-25-13-21(23)27;/h2-9,12,14,25H,10-11,13H2,1H3;1H. The second-order valence-corrected chi connectivity index (χ2v) is 7.85. The van der Waals surface area contributed by atoms with Crippen molar-refractivity contribution in [3.63, 3.8) is 0 Å². The summed E-state index contributed by atoms with van der Waals surface area (Å²) in [5.74, 6) is -0.547. The first-order chi connectivity index (χ1) is 14.6. The number of rotatable bonds is 2. The number of imide groups is 1. The van der Waals surface area contributed by atoms with Gasteiger partial charge in [-0.2, -0.15) is 0 Å². The van der Waals surface area contributed by atoms with Gasteiger partial charge in [0.25, 0.3) is 11.8 Å². The number of amides is 2. The number of nitrogens with zero attached hydrogens (tertiary/aromatic N) is 3. The molecule has 0 saturated carbocycles. The van der Waals surface area contributed by atoms with E-state index in [0.717, 1.165) is 46.2 Å². The van der Waals surface area contributed by atoms with Crippen molar-refractivity contribution in [1.82, 2.24) is 14.5 Å². The number of benzene rings is 2. The van der Waals surface area contributed by atoms with Gasteiger partial charge in [-0.1, -0.05) is 36.4 Å². The molecule has 6 nitrogen and oxygen atoms in total. The molecule has 31 heavy (non-hydrogen) atoms. The maximum Gasteiger partial charge on any atom is 0.266 e. The van der Waals surface area contributed by atoms with Gasteiger partial charge in [0.05, 0.1) is 22.5 Å². The first-order valence-corrected chi connectivity index (χ1v) is 10.1. The normalized spacial score (nSPS) is 16.0. The Balaban J connectivity index is 0.00000204. The van der Waals surface area contributed by atoms with Crippen LogP contribution in [0.1, 0.15) is 11.3 Å². The number of halogens is 1. The van der Waals surface area contributed by atoms with Gasteiger partial charge in [0.2, 0.25) is 0 Å². The molecule has 2 aromatic heterocycles. The zero-order valence-corrected chi connectivity index (χ0v) is 17.8. The Hall–Kier alpha value is -3.35. The van der Waals surface area contributed by atoms with Gasteiger partial charge in [0, 0.05) is 60.8 Å². The lowest BCUT2D eigenvalue weighted by molar-refractivity contribution is -0.119. The highest BCUT2D eigenvalue weighted by atomic mass is 35.5. The molecule has 0 bridgehead atoms. The fourth-order valence-electron chi connectivity index (χ4n) is 4.85. The molecule has 1 N–H and O–H groups in total. The van der Waals surface area contributed by atoms with Crippen LogP contribution in [0.2, 0.25) is 0 Å². The van der Waals surface area contributed by atoms with Crippen molar-refractivity contribution in [3.8, 4) is 0 Å². The van der Waals surface area contributed by atoms with Gasteiger partial charge in [0.15, 0.2) is 0 Å². The molecule has 2 aliphatic rings. The predicted octanol–water partition coefficient (Wildman–Crippen LogP) is 3.61. The zero-order valence-electron chi connectivity index (χ0n) is 17.0. The lowest BCUT2D eigenvalue weighted by atomic mass is 10.1. The maximum atomic E-state index is 13.6. The average molecular weight is 433 g/mol. The summed E-state index contributed by atoms with van der Waals surface area (Å²) in [6.45, 7) is 2.31. The van der Waals surface area contributed by atoms with Gasteiger partial charge < -0.3 is 14.5 Å². The number of fused-ring (bicyclic) bond motifs is 4. The molecule has 0 fully saturated rings. The van der Waals surface area contributed by atoms with Gasteiger partial charge in [-0.15, -0.1) is 12.4 Å². The number of hydrogen-bond donors (Lipinski definition) is 1. The molecule has 4 heterocycles. The van der Waals surface area contributed by atoms with E-state index in [1.807, 2.05) is 60.3 Å². The lowest BCUT2D eigenvalue weighted by Gasteiger charge is -2.21. The van der Waals surface area contributed by atoms with Crippen molar-refractivity contribution >= 4 is 57.3 Å². The molecule has 0 spiro atoms. The Morgan fingerprint density at radius 2 is 1.65 bits per heavy atom. The molecule has 2 amide bonds. The topological polar surface area (TPSA) is 59.3 Å². The van der Waals surface area contributed by atoms with Crippen LogP contribution in [-0.4, -0.2) is 27.5 Å². The summed E-state index contributed by atoms with van der Waals surface area (Å²) < 4.78 is 4.21. The first kappa shape index (κ1) is 19.6. The molecule has 156 valence electrons. The van der Waals surface area contributed by atoms with Crippen molar-refractivity contribution in [1.29, 1.82) is 0 Å². The van der Waals surface area contributed by atoms with E-state index in [9.17, 15) is 9.59 Å². The van der Waals surface area contributed by atoms with Crippen LogP contribution < -0.4 is 10.2 Å². The quantitative estimate of drug-likeness (QED) is 0.492. The Labute approximate surface area is 185 Å². The van der Waals surface area contributed by atoms with Gasteiger partial charge in [-0.25, -0.2) is 4.90 Å². The van der Waals surface area contributed by atoms with E-state index in [-0.39, 0.29) is 24.2 Å². The molecule has 2 aliphatic heterocycles. The van der Waals surface area contributed by atoms with Crippen LogP contribution in [0.15, 0.2) is 60.8 Å². The van der Waals surface area contributed by atoms with Crippen LogP contribution in [0.5, 0.6) is 0 Å². The fourth-order valence-corrected chi connectivity index (χ4v) is 4.85. The Morgan fingerprint density at radius 3 is 2.45 bits per heavy atom. The van der Waals surface area contributed by atoms with E-state index in [1.165, 1.54) is 11.0 Å². The second kappa shape index (κ2) is 7.11. The third-order valence-corrected chi connectivity index (χ3v) is 6.19. The minimum atomic E-state index is -0.285. The first-order valence-electron chi connectivity index (χ1n) is 10.1. The van der Waals surface area contributed by atoms with Crippen molar-refractivity contribution in [3.05, 3.63) is 72.1 Å². The van der Waals surface area contributed by atoms with Crippen LogP contribution in [0.3, 0.4) is 0 Å². The van der Waals surface area contributed by atoms with Gasteiger partial charge >= 0.3 is 0 Å². The number of carbonyl (C=O) groups excluding carboxylic acids is 2. The van der Waals surface area contributed by atoms with Gasteiger partial charge in [-0.3, -0.25) is 9.59 Å². The third kappa shape index (κ3) is 2.69. The number of hydrogen-bond acceptors (Lipinski definition) is 3. The largest absolute Gasteiger partial charge is 0.350 e. The van der Waals surface area contributed by atoms with Gasteiger partial charge in [-0.05, 0) is 12.1 Å². The number of anilines is 1. The number of aromatic nitrogens is 2. The van der Waals surface area contributed by atoms with Crippen LogP contribution in [-0.2, 0) is 29.7 Å². The monoisotopic (exact) mass is 432 g/mol. The highest BCUT2D eigenvalue weighted by Crippen LogP contribution is 2.40. The number of nitrogens with one attached hydrogen (secondary N) is 1. The molecule has 0 radical (unpaired) electrons. The van der Waals surface area contributed by atoms with Crippen molar-refractivity contribution < 1.29 is 9.59 Å². The lowest BCUT2D eigenvalue weighted by Crippen LogP contribution is -2.34. The van der Waals surface area contributed by atoms with Crippen LogP contribution in [0.25, 0.3) is 27.4 Å². The van der Waals surface area contributed by atoms with Crippen LogP contribution >= 0.6 is 12.4 Å². The van der Waals surface area contributed by atoms with E-state index >= 15 is 0 Å². The molecular weight excluding hydrogens is 412 g/mol. The summed E-state index contributed by atoms with van der Waals surface area (Å²) in [7, 11) is 1.95. The molecule has 6 rings (SSSR count). The molecule has 0 unspecified atom stereocenters. The third-order valence-electron chi connectivity index (χ3n) is 6.19. The van der Waals surface area contributed by atoms with Crippen LogP contribution in [0.4, 0.5) is 5.69 Å². The van der Waals surface area contributed by atoms with Crippen molar-refractivity contribution in [2.24, 2.45) is 7.05 Å². The molecule has 2 aromatic carbocycles. The summed E-state index contributed by atoms with van der Waals surface area (Å²) >= 11 is 0. The van der Waals surface area contributed by atoms with E-state index < -0.39 is 0 Å². The Morgan fingerprint density at radius 1 is 0.935 bits per heavy atom. The van der Waals surface area contributed by atoms with Crippen molar-refractivity contribution in [2.45, 2.75) is 13.1 Å². The average Bonchev–Trinajstić information content (AvgIpc) is 3.38. The number of aryl methyl sites for hydroxylation is 1. The summed E-state index contributed by atoms with van der Waals surface area (Å²) in [5.41, 5.74) is 5.02. The molecule has 0 aliphatic carbocycles. The summed E-state index contributed by atoms with van der Waals surface area (Å²) in [6, 6.07) is 15.9. The molecule has 4 aromatic rings. The summed E-state index contributed by atoms with van der Waals surface area (Å²) in [5, 5.41) is 5.28. The van der Waals surface area contributed by atoms with Crippen LogP contribution in [0, 0.1) is 0 Å². The van der Waals surface area contributed by atoms with E-state index in [4.69, 9.17) is 0 Å². The minimum Gasteiger partial charge on any atom is -0.350 e. The highest BCUT2D eigenvalue weighted by Gasteiger charge is 2.38.